The Balaban J connectivity index is 3.03. The molecule has 0 radical (unpaired) electrons. The van der Waals surface area contributed by atoms with E-state index < -0.39 is 10.0 Å². The molecule has 0 amide bonds. The molecule has 0 bridgehead atoms. The predicted molar refractivity (Wildman–Crippen MR) is 87.8 cm³/mol. The summed E-state index contributed by atoms with van der Waals surface area (Å²) < 4.78 is 27.8. The van der Waals surface area contributed by atoms with E-state index in [9.17, 15) is 8.42 Å². The molecule has 0 aliphatic carbocycles. The molecule has 5 heteroatoms. The molecular formula is C16H28N2O2S. The Morgan fingerprint density at radius 1 is 1.24 bits per heavy atom. The molecule has 1 rings (SSSR count). The number of aryl methyl sites for hydroxylation is 1. The summed E-state index contributed by atoms with van der Waals surface area (Å²) in [7, 11) is -3.48. The highest BCUT2D eigenvalue weighted by Gasteiger charge is 2.26. The van der Waals surface area contributed by atoms with Gasteiger partial charge in [-0.2, -0.15) is 0 Å². The molecule has 0 aliphatic heterocycles. The molecule has 21 heavy (non-hydrogen) atoms. The Morgan fingerprint density at radius 3 is 2.38 bits per heavy atom. The van der Waals surface area contributed by atoms with Crippen molar-refractivity contribution < 1.29 is 8.42 Å². The fourth-order valence-electron chi connectivity index (χ4n) is 1.74. The standard InChI is InChI=1S/C16H28N2O2S/c1-7-17-11-14-10-15(9-8-12(14)2)21(19,20)18-13(3)16(4,5)6/h8-10,13,17-18H,7,11H2,1-6H3. The minimum absolute atomic E-state index is 0.121. The van der Waals surface area contributed by atoms with Crippen molar-refractivity contribution in [2.45, 2.75) is 59.0 Å². The molecule has 0 saturated carbocycles. The van der Waals surface area contributed by atoms with E-state index in [2.05, 4.69) is 10.0 Å². The molecule has 0 aromatic heterocycles. The topological polar surface area (TPSA) is 58.2 Å². The molecule has 1 aromatic carbocycles. The van der Waals surface area contributed by atoms with Crippen molar-refractivity contribution in [3.63, 3.8) is 0 Å². The van der Waals surface area contributed by atoms with E-state index in [-0.39, 0.29) is 11.5 Å². The van der Waals surface area contributed by atoms with E-state index >= 15 is 0 Å². The third-order valence-electron chi connectivity index (χ3n) is 3.83. The van der Waals surface area contributed by atoms with E-state index in [1.165, 1.54) is 0 Å². The summed E-state index contributed by atoms with van der Waals surface area (Å²) in [6, 6.07) is 5.15. The first-order valence-corrected chi connectivity index (χ1v) is 8.89. The fourth-order valence-corrected chi connectivity index (χ4v) is 3.24. The Morgan fingerprint density at radius 2 is 1.86 bits per heavy atom. The van der Waals surface area contributed by atoms with Crippen molar-refractivity contribution in [2.75, 3.05) is 6.54 Å². The van der Waals surface area contributed by atoms with Crippen LogP contribution in [-0.2, 0) is 16.6 Å². The van der Waals surface area contributed by atoms with Crippen LogP contribution in [0.5, 0.6) is 0 Å². The second kappa shape index (κ2) is 6.90. The van der Waals surface area contributed by atoms with Crippen LogP contribution < -0.4 is 10.0 Å². The average Bonchev–Trinajstić information content (AvgIpc) is 2.36. The largest absolute Gasteiger partial charge is 0.313 e. The highest BCUT2D eigenvalue weighted by molar-refractivity contribution is 7.89. The van der Waals surface area contributed by atoms with E-state index in [0.717, 1.165) is 17.7 Å². The number of rotatable bonds is 6. The van der Waals surface area contributed by atoms with Crippen LogP contribution in [0.3, 0.4) is 0 Å². The van der Waals surface area contributed by atoms with E-state index in [0.29, 0.717) is 11.4 Å². The van der Waals surface area contributed by atoms with Gasteiger partial charge in [-0.3, -0.25) is 0 Å². The number of sulfonamides is 1. The van der Waals surface area contributed by atoms with Gasteiger partial charge >= 0.3 is 0 Å². The zero-order valence-corrected chi connectivity index (χ0v) is 14.8. The number of hydrogen-bond acceptors (Lipinski definition) is 3. The molecule has 0 saturated heterocycles. The SMILES string of the molecule is CCNCc1cc(S(=O)(=O)NC(C)C(C)(C)C)ccc1C. The van der Waals surface area contributed by atoms with E-state index in [1.807, 2.05) is 47.6 Å². The molecule has 4 nitrogen and oxygen atoms in total. The van der Waals surface area contributed by atoms with Crippen molar-refractivity contribution in [2.24, 2.45) is 5.41 Å². The van der Waals surface area contributed by atoms with Crippen LogP contribution >= 0.6 is 0 Å². The molecule has 0 spiro atoms. The van der Waals surface area contributed by atoms with Gasteiger partial charge in [-0.15, -0.1) is 0 Å². The number of benzene rings is 1. The normalized spacial score (nSPS) is 14.2. The highest BCUT2D eigenvalue weighted by Crippen LogP contribution is 2.22. The second-order valence-electron chi connectivity index (χ2n) is 6.58. The zero-order valence-electron chi connectivity index (χ0n) is 13.9. The molecule has 1 atom stereocenters. The smallest absolute Gasteiger partial charge is 0.240 e. The molecule has 0 aliphatic rings. The van der Waals surface area contributed by atoms with Gasteiger partial charge in [-0.1, -0.05) is 33.8 Å². The maximum Gasteiger partial charge on any atom is 0.240 e. The molecular weight excluding hydrogens is 284 g/mol. The maximum atomic E-state index is 12.5. The van der Waals surface area contributed by atoms with Crippen LogP contribution in [0.4, 0.5) is 0 Å². The van der Waals surface area contributed by atoms with Crippen LogP contribution in [-0.4, -0.2) is 21.0 Å². The maximum absolute atomic E-state index is 12.5. The average molecular weight is 312 g/mol. The van der Waals surface area contributed by atoms with Gasteiger partial charge in [0.2, 0.25) is 10.0 Å². The van der Waals surface area contributed by atoms with Crippen molar-refractivity contribution in [1.29, 1.82) is 0 Å². The minimum Gasteiger partial charge on any atom is -0.313 e. The predicted octanol–water partition coefficient (Wildman–Crippen LogP) is 2.82. The van der Waals surface area contributed by atoms with Gasteiger partial charge < -0.3 is 5.32 Å². The molecule has 1 unspecified atom stereocenters. The third kappa shape index (κ3) is 5.09. The lowest BCUT2D eigenvalue weighted by Crippen LogP contribution is -2.41. The van der Waals surface area contributed by atoms with Gasteiger partial charge in [-0.25, -0.2) is 13.1 Å². The van der Waals surface area contributed by atoms with Crippen molar-refractivity contribution >= 4 is 10.0 Å². The van der Waals surface area contributed by atoms with Crippen LogP contribution in [0.15, 0.2) is 23.1 Å². The molecule has 0 heterocycles. The fraction of sp³-hybridized carbons (Fsp3) is 0.625. The Hall–Kier alpha value is -0.910. The summed E-state index contributed by atoms with van der Waals surface area (Å²) in [4.78, 5) is 0.331. The summed E-state index contributed by atoms with van der Waals surface area (Å²) in [6.45, 7) is 13.5. The summed E-state index contributed by atoms with van der Waals surface area (Å²) >= 11 is 0. The van der Waals surface area contributed by atoms with Gasteiger partial charge in [0.1, 0.15) is 0 Å². The Bertz CT molecular complexity index is 574. The van der Waals surface area contributed by atoms with E-state index in [1.54, 1.807) is 12.1 Å². The second-order valence-corrected chi connectivity index (χ2v) is 8.29. The molecule has 2 N–H and O–H groups in total. The lowest BCUT2D eigenvalue weighted by atomic mass is 9.89. The third-order valence-corrected chi connectivity index (χ3v) is 5.37. The van der Waals surface area contributed by atoms with E-state index in [4.69, 9.17) is 0 Å². The van der Waals surface area contributed by atoms with Gasteiger partial charge in [-0.05, 0) is 49.1 Å². The lowest BCUT2D eigenvalue weighted by molar-refractivity contribution is 0.317. The highest BCUT2D eigenvalue weighted by atomic mass is 32.2. The first-order valence-electron chi connectivity index (χ1n) is 7.40. The van der Waals surface area contributed by atoms with Crippen LogP contribution in [0, 0.1) is 12.3 Å². The Kier molecular flexibility index (Phi) is 5.96. The van der Waals surface area contributed by atoms with Crippen molar-refractivity contribution in [3.05, 3.63) is 29.3 Å². The lowest BCUT2D eigenvalue weighted by Gasteiger charge is -2.28. The van der Waals surface area contributed by atoms with Gasteiger partial charge in [0.15, 0.2) is 0 Å². The van der Waals surface area contributed by atoms with Gasteiger partial charge in [0, 0.05) is 12.6 Å². The zero-order chi connectivity index (χ0) is 16.3. The summed E-state index contributed by atoms with van der Waals surface area (Å²) in [5.41, 5.74) is 1.99. The molecule has 0 fully saturated rings. The quantitative estimate of drug-likeness (QED) is 0.849. The first-order chi connectivity index (χ1) is 9.58. The van der Waals surface area contributed by atoms with Crippen molar-refractivity contribution in [1.82, 2.24) is 10.0 Å². The van der Waals surface area contributed by atoms with Crippen LogP contribution in [0.1, 0.15) is 45.7 Å². The molecule has 1 aromatic rings. The number of hydrogen-bond donors (Lipinski definition) is 2. The number of nitrogens with one attached hydrogen (secondary N) is 2. The summed E-state index contributed by atoms with van der Waals surface area (Å²) in [6.07, 6.45) is 0. The van der Waals surface area contributed by atoms with Crippen LogP contribution in [0.25, 0.3) is 0 Å². The Labute approximate surface area is 129 Å². The first kappa shape index (κ1) is 18.1. The molecule has 120 valence electrons. The van der Waals surface area contributed by atoms with Crippen LogP contribution in [0.2, 0.25) is 0 Å². The summed E-state index contributed by atoms with van der Waals surface area (Å²) in [5.74, 6) is 0. The van der Waals surface area contributed by atoms with Gasteiger partial charge in [0.05, 0.1) is 4.90 Å². The van der Waals surface area contributed by atoms with Gasteiger partial charge in [0.25, 0.3) is 0 Å². The summed E-state index contributed by atoms with van der Waals surface area (Å²) in [5, 5.41) is 3.23. The monoisotopic (exact) mass is 312 g/mol. The van der Waals surface area contributed by atoms with Crippen molar-refractivity contribution in [3.8, 4) is 0 Å². The minimum atomic E-state index is -3.48.